The smallest absolute Gasteiger partial charge is 0.230 e. The molecule has 0 aliphatic rings. The van der Waals surface area contributed by atoms with E-state index in [2.05, 4.69) is 101 Å². The van der Waals surface area contributed by atoms with Gasteiger partial charge in [-0.2, -0.15) is 4.40 Å². The van der Waals surface area contributed by atoms with Gasteiger partial charge in [-0.15, -0.1) is 0 Å². The maximum atomic E-state index is 4.63. The van der Waals surface area contributed by atoms with Gasteiger partial charge in [0.2, 0.25) is 16.6 Å². The highest BCUT2D eigenvalue weighted by Gasteiger charge is 2.25. The second-order valence-electron chi connectivity index (χ2n) is 8.39. The fraction of sp³-hybridized carbons (Fsp3) is 0.0345. The van der Waals surface area contributed by atoms with Crippen LogP contribution in [0.25, 0.3) is 60.0 Å². The van der Waals surface area contributed by atoms with Crippen molar-refractivity contribution in [2.24, 2.45) is 0 Å². The lowest BCUT2D eigenvalue weighted by atomic mass is 9.96. The summed E-state index contributed by atoms with van der Waals surface area (Å²) in [7, 11) is 0. The summed E-state index contributed by atoms with van der Waals surface area (Å²) < 4.78 is 2.44. The van der Waals surface area contributed by atoms with E-state index in [1.54, 1.807) is 0 Å². The zero-order valence-electron chi connectivity index (χ0n) is 17.1. The number of benzene rings is 3. The van der Waals surface area contributed by atoms with Crippen LogP contribution < -0.4 is 4.40 Å². The van der Waals surface area contributed by atoms with Gasteiger partial charge in [-0.1, -0.05) is 66.2 Å². The molecule has 144 valence electrons. The Labute approximate surface area is 179 Å². The van der Waals surface area contributed by atoms with Crippen molar-refractivity contribution in [1.82, 2.24) is 4.98 Å². The molecule has 0 saturated carbocycles. The molecule has 2 nitrogen and oxygen atoms in total. The van der Waals surface area contributed by atoms with Crippen LogP contribution in [0.5, 0.6) is 0 Å². The molecule has 7 rings (SSSR count). The van der Waals surface area contributed by atoms with E-state index in [0.29, 0.717) is 0 Å². The maximum Gasteiger partial charge on any atom is 0.230 e. The van der Waals surface area contributed by atoms with E-state index < -0.39 is 0 Å². The van der Waals surface area contributed by atoms with Gasteiger partial charge in [-0.05, 0) is 30.2 Å². The van der Waals surface area contributed by atoms with Gasteiger partial charge in [0.15, 0.2) is 0 Å². The zero-order chi connectivity index (χ0) is 20.5. The molecule has 0 spiro atoms. The predicted octanol–water partition coefficient (Wildman–Crippen LogP) is 6.85. The molecule has 0 atom stereocenters. The molecule has 0 N–H and O–H groups in total. The molecule has 0 bridgehead atoms. The predicted molar refractivity (Wildman–Crippen MR) is 129 cm³/mol. The topological polar surface area (TPSA) is 17.0 Å². The molecule has 0 amide bonds. The zero-order valence-corrected chi connectivity index (χ0v) is 17.1. The fourth-order valence-corrected chi connectivity index (χ4v) is 5.12. The summed E-state index contributed by atoms with van der Waals surface area (Å²) in [6.07, 6.45) is 4.03. The molecule has 31 heavy (non-hydrogen) atoms. The van der Waals surface area contributed by atoms with Gasteiger partial charge in [0, 0.05) is 35.3 Å². The molecule has 2 heteroatoms. The van der Waals surface area contributed by atoms with Gasteiger partial charge in [0.1, 0.15) is 0 Å². The number of fused-ring (bicyclic) bond motifs is 6. The van der Waals surface area contributed by atoms with Gasteiger partial charge in [0.05, 0.1) is 21.5 Å². The van der Waals surface area contributed by atoms with Crippen LogP contribution in [-0.2, 0) is 0 Å². The first-order chi connectivity index (χ1) is 15.3. The highest BCUT2D eigenvalue weighted by molar-refractivity contribution is 6.20. The SMILES string of the molecule is Cc1ccc(-c2cc3c4ccccc4c4cncc5c6ccccc6c(c2)[n+]3c45)cc1. The van der Waals surface area contributed by atoms with E-state index in [0.717, 1.165) is 0 Å². The highest BCUT2D eigenvalue weighted by atomic mass is 14.9. The largest absolute Gasteiger partial charge is 0.263 e. The Morgan fingerprint density at radius 3 is 1.61 bits per heavy atom. The number of hydrogen-bond acceptors (Lipinski definition) is 1. The summed E-state index contributed by atoms with van der Waals surface area (Å²) in [5, 5.41) is 7.40. The molecule has 0 aliphatic heterocycles. The number of rotatable bonds is 1. The van der Waals surface area contributed by atoms with Gasteiger partial charge >= 0.3 is 0 Å². The van der Waals surface area contributed by atoms with Crippen molar-refractivity contribution in [2.75, 3.05) is 0 Å². The Morgan fingerprint density at radius 2 is 1.06 bits per heavy atom. The molecule has 0 aliphatic carbocycles. The Bertz CT molecular complexity index is 1680. The van der Waals surface area contributed by atoms with Crippen LogP contribution in [0.1, 0.15) is 5.56 Å². The molecular weight excluding hydrogens is 376 g/mol. The van der Waals surface area contributed by atoms with Crippen LogP contribution in [0, 0.1) is 6.92 Å². The third-order valence-corrected chi connectivity index (χ3v) is 6.58. The second-order valence-corrected chi connectivity index (χ2v) is 8.39. The van der Waals surface area contributed by atoms with Gasteiger partial charge in [0.25, 0.3) is 0 Å². The van der Waals surface area contributed by atoms with Crippen LogP contribution in [0.3, 0.4) is 0 Å². The van der Waals surface area contributed by atoms with Crippen molar-refractivity contribution in [3.05, 3.63) is 103 Å². The molecule has 0 fully saturated rings. The summed E-state index contributed by atoms with van der Waals surface area (Å²) in [4.78, 5) is 4.63. The van der Waals surface area contributed by atoms with E-state index in [4.69, 9.17) is 0 Å². The van der Waals surface area contributed by atoms with Crippen molar-refractivity contribution in [2.45, 2.75) is 6.92 Å². The molecule has 4 heterocycles. The average molecular weight is 395 g/mol. The summed E-state index contributed by atoms with van der Waals surface area (Å²) in [6, 6.07) is 30.9. The van der Waals surface area contributed by atoms with Crippen LogP contribution in [0.15, 0.2) is 97.3 Å². The van der Waals surface area contributed by atoms with Crippen molar-refractivity contribution >= 4 is 48.9 Å². The van der Waals surface area contributed by atoms with E-state index in [9.17, 15) is 0 Å². The second kappa shape index (κ2) is 5.99. The minimum absolute atomic E-state index is 1.20. The fourth-order valence-electron chi connectivity index (χ4n) is 5.12. The lowest BCUT2D eigenvalue weighted by molar-refractivity contribution is -0.448. The Hall–Kier alpha value is -4.04. The van der Waals surface area contributed by atoms with Crippen LogP contribution in [-0.4, -0.2) is 4.98 Å². The summed E-state index contributed by atoms with van der Waals surface area (Å²) in [5.74, 6) is 0. The quantitative estimate of drug-likeness (QED) is 0.169. The number of aryl methyl sites for hydroxylation is 1. The van der Waals surface area contributed by atoms with Crippen LogP contribution in [0.4, 0.5) is 0 Å². The number of nitrogens with zero attached hydrogens (tertiary/aromatic N) is 2. The van der Waals surface area contributed by atoms with E-state index in [1.807, 2.05) is 12.4 Å². The molecule has 7 aromatic rings. The molecule has 3 aromatic carbocycles. The third-order valence-electron chi connectivity index (χ3n) is 6.58. The van der Waals surface area contributed by atoms with Gasteiger partial charge in [-0.3, -0.25) is 4.98 Å². The van der Waals surface area contributed by atoms with Crippen molar-refractivity contribution in [3.63, 3.8) is 0 Å². The first kappa shape index (κ1) is 16.7. The van der Waals surface area contributed by atoms with Crippen molar-refractivity contribution in [3.8, 4) is 11.1 Å². The average Bonchev–Trinajstić information content (AvgIpc) is 2.83. The monoisotopic (exact) mass is 395 g/mol. The van der Waals surface area contributed by atoms with E-state index in [-0.39, 0.29) is 0 Å². The minimum atomic E-state index is 1.20. The van der Waals surface area contributed by atoms with Crippen molar-refractivity contribution < 1.29 is 4.40 Å². The lowest BCUT2D eigenvalue weighted by Gasteiger charge is -2.12. The Morgan fingerprint density at radius 1 is 0.548 bits per heavy atom. The summed E-state index contributed by atoms with van der Waals surface area (Å²) >= 11 is 0. The van der Waals surface area contributed by atoms with Gasteiger partial charge < -0.3 is 0 Å². The highest BCUT2D eigenvalue weighted by Crippen LogP contribution is 2.36. The molecule has 0 unspecified atom stereocenters. The van der Waals surface area contributed by atoms with E-state index >= 15 is 0 Å². The Kier molecular flexibility index (Phi) is 3.23. The normalized spacial score (nSPS) is 12.0. The maximum absolute atomic E-state index is 4.63. The summed E-state index contributed by atoms with van der Waals surface area (Å²) in [6.45, 7) is 2.13. The molecule has 4 aromatic heterocycles. The van der Waals surface area contributed by atoms with Gasteiger partial charge in [-0.25, -0.2) is 0 Å². The first-order valence-electron chi connectivity index (χ1n) is 10.6. The molecular formula is C29H19N2+. The lowest BCUT2D eigenvalue weighted by Crippen LogP contribution is -2.26. The third kappa shape index (κ3) is 2.22. The minimum Gasteiger partial charge on any atom is -0.263 e. The number of aromatic nitrogens is 2. The summed E-state index contributed by atoms with van der Waals surface area (Å²) in [5.41, 5.74) is 7.47. The molecule has 0 saturated heterocycles. The van der Waals surface area contributed by atoms with E-state index in [1.165, 1.54) is 65.6 Å². The molecule has 0 radical (unpaired) electrons. The van der Waals surface area contributed by atoms with Crippen LogP contribution >= 0.6 is 0 Å². The Balaban J connectivity index is 1.82. The number of pyridine rings is 4. The van der Waals surface area contributed by atoms with Crippen LogP contribution in [0.2, 0.25) is 0 Å². The standard InChI is InChI=1S/C29H19N2/c1-18-10-12-19(13-11-18)20-14-27-23-8-4-2-6-21(23)25-16-30-17-26-22-7-3-5-9-24(22)28(15-20)31(27)29(25)26/h2-17H,1H3/q+1. The first-order valence-corrected chi connectivity index (χ1v) is 10.6. The number of hydrogen-bond donors (Lipinski definition) is 0. The van der Waals surface area contributed by atoms with Crippen molar-refractivity contribution in [1.29, 1.82) is 0 Å².